The van der Waals surface area contributed by atoms with Gasteiger partial charge < -0.3 is 9.64 Å². The first-order valence-electron chi connectivity index (χ1n) is 7.56. The van der Waals surface area contributed by atoms with Gasteiger partial charge in [-0.05, 0) is 30.5 Å². The predicted molar refractivity (Wildman–Crippen MR) is 91.1 cm³/mol. The summed E-state index contributed by atoms with van der Waals surface area (Å²) >= 11 is 1.55. The minimum absolute atomic E-state index is 0.0649. The summed E-state index contributed by atoms with van der Waals surface area (Å²) in [5.41, 5.74) is 0.931. The van der Waals surface area contributed by atoms with Crippen LogP contribution >= 0.6 is 11.3 Å². The number of fused-ring (bicyclic) bond motifs is 1. The molecule has 0 atom stereocenters. The zero-order valence-corrected chi connectivity index (χ0v) is 13.5. The summed E-state index contributed by atoms with van der Waals surface area (Å²) in [6.45, 7) is 3.20. The van der Waals surface area contributed by atoms with Gasteiger partial charge in [0.25, 0.3) is 5.91 Å². The highest BCUT2D eigenvalue weighted by molar-refractivity contribution is 7.20. The molecule has 0 unspecified atom stereocenters. The van der Waals surface area contributed by atoms with Gasteiger partial charge in [0.2, 0.25) is 0 Å². The fourth-order valence-electron chi connectivity index (χ4n) is 2.71. The van der Waals surface area contributed by atoms with E-state index in [1.54, 1.807) is 17.5 Å². The normalized spacial score (nSPS) is 14.7. The molecule has 3 aromatic rings. The number of amides is 1. The van der Waals surface area contributed by atoms with Crippen LogP contribution in [0.25, 0.3) is 10.1 Å². The third-order valence-corrected chi connectivity index (χ3v) is 5.05. The van der Waals surface area contributed by atoms with Crippen LogP contribution in [-0.4, -0.2) is 35.0 Å². The van der Waals surface area contributed by atoms with Crippen LogP contribution in [0.5, 0.6) is 5.75 Å². The van der Waals surface area contributed by atoms with E-state index in [2.05, 4.69) is 4.98 Å². The van der Waals surface area contributed by atoms with E-state index in [0.29, 0.717) is 13.1 Å². The van der Waals surface area contributed by atoms with Crippen LogP contribution in [0.3, 0.4) is 0 Å². The van der Waals surface area contributed by atoms with Crippen LogP contribution in [0.2, 0.25) is 0 Å². The molecule has 0 bridgehead atoms. The van der Waals surface area contributed by atoms with Gasteiger partial charge in [-0.15, -0.1) is 11.3 Å². The van der Waals surface area contributed by atoms with Gasteiger partial charge >= 0.3 is 0 Å². The first-order chi connectivity index (χ1) is 11.2. The molecule has 0 aliphatic carbocycles. The zero-order chi connectivity index (χ0) is 15.8. The number of hydrogen-bond acceptors (Lipinski definition) is 4. The summed E-state index contributed by atoms with van der Waals surface area (Å²) in [5, 5.41) is 1.13. The van der Waals surface area contributed by atoms with E-state index in [9.17, 15) is 4.79 Å². The maximum absolute atomic E-state index is 12.5. The number of benzene rings is 1. The van der Waals surface area contributed by atoms with Gasteiger partial charge in [0.15, 0.2) is 0 Å². The third kappa shape index (κ3) is 2.80. The quantitative estimate of drug-likeness (QED) is 0.740. The van der Waals surface area contributed by atoms with Crippen molar-refractivity contribution in [1.29, 1.82) is 0 Å². The summed E-state index contributed by atoms with van der Waals surface area (Å²) in [4.78, 5) is 19.3. The van der Waals surface area contributed by atoms with Crippen molar-refractivity contribution >= 4 is 27.3 Å². The average molecular weight is 324 g/mol. The van der Waals surface area contributed by atoms with E-state index in [1.165, 1.54) is 0 Å². The number of rotatable bonds is 3. The van der Waals surface area contributed by atoms with Crippen LogP contribution in [0, 0.1) is 6.92 Å². The summed E-state index contributed by atoms with van der Waals surface area (Å²) in [5.74, 6) is 0.911. The number of ether oxygens (including phenoxy) is 1. The maximum Gasteiger partial charge on any atom is 0.264 e. The number of nitrogens with zero attached hydrogens (tertiary/aromatic N) is 2. The number of hydrogen-bond donors (Lipinski definition) is 0. The number of likely N-dealkylation sites (tertiary alicyclic amines) is 1. The summed E-state index contributed by atoms with van der Waals surface area (Å²) in [6.07, 6.45) is 1.80. The molecule has 4 nitrogen and oxygen atoms in total. The van der Waals surface area contributed by atoms with Crippen LogP contribution in [0.1, 0.15) is 15.4 Å². The number of aromatic nitrogens is 1. The largest absolute Gasteiger partial charge is 0.487 e. The molecular weight excluding hydrogens is 308 g/mol. The number of carbonyl (C=O) groups is 1. The van der Waals surface area contributed by atoms with Crippen LogP contribution in [0.15, 0.2) is 48.7 Å². The predicted octanol–water partition coefficient (Wildman–Crippen LogP) is 3.51. The molecule has 3 heterocycles. The lowest BCUT2D eigenvalue weighted by molar-refractivity contribution is 0.0181. The van der Waals surface area contributed by atoms with Gasteiger partial charge in [0, 0.05) is 22.7 Å². The fraction of sp³-hybridized carbons (Fsp3) is 0.222. The Hall–Kier alpha value is -2.40. The van der Waals surface area contributed by atoms with Gasteiger partial charge in [0.05, 0.1) is 18.0 Å². The number of thiophene rings is 1. The van der Waals surface area contributed by atoms with Crippen molar-refractivity contribution in [1.82, 2.24) is 9.88 Å². The molecule has 0 saturated carbocycles. The average Bonchev–Trinajstić information content (AvgIpc) is 2.94. The smallest absolute Gasteiger partial charge is 0.264 e. The molecular formula is C18H16N2O2S. The van der Waals surface area contributed by atoms with Gasteiger partial charge in [-0.3, -0.25) is 9.78 Å². The molecule has 0 radical (unpaired) electrons. The van der Waals surface area contributed by atoms with E-state index in [1.807, 2.05) is 54.3 Å². The SMILES string of the molecule is Cc1cc(OC2CN(C(=O)c3cc4ccccc4s3)C2)ccn1. The lowest BCUT2D eigenvalue weighted by Crippen LogP contribution is -2.56. The molecule has 116 valence electrons. The van der Waals surface area contributed by atoms with Gasteiger partial charge in [-0.2, -0.15) is 0 Å². The Labute approximate surface area is 138 Å². The highest BCUT2D eigenvalue weighted by Crippen LogP contribution is 2.28. The topological polar surface area (TPSA) is 42.4 Å². The Morgan fingerprint density at radius 2 is 2.09 bits per heavy atom. The monoisotopic (exact) mass is 324 g/mol. The Kier molecular flexibility index (Phi) is 3.50. The molecule has 23 heavy (non-hydrogen) atoms. The van der Waals surface area contributed by atoms with Gasteiger partial charge in [-0.1, -0.05) is 18.2 Å². The highest BCUT2D eigenvalue weighted by Gasteiger charge is 2.33. The Balaban J connectivity index is 1.40. The van der Waals surface area contributed by atoms with Crippen molar-refractivity contribution < 1.29 is 9.53 Å². The molecule has 1 fully saturated rings. The standard InChI is InChI=1S/C18H16N2O2S/c1-12-8-14(6-7-19-12)22-15-10-20(11-15)18(21)17-9-13-4-2-3-5-16(13)23-17/h2-9,15H,10-11H2,1H3. The molecule has 1 saturated heterocycles. The molecule has 5 heteroatoms. The minimum Gasteiger partial charge on any atom is -0.487 e. The highest BCUT2D eigenvalue weighted by atomic mass is 32.1. The van der Waals surface area contributed by atoms with Gasteiger partial charge in [0.1, 0.15) is 11.9 Å². The second-order valence-corrected chi connectivity index (χ2v) is 6.82. The molecule has 1 aromatic carbocycles. The number of pyridine rings is 1. The molecule has 4 rings (SSSR count). The second kappa shape index (κ2) is 5.66. The van der Waals surface area contributed by atoms with Crippen molar-refractivity contribution in [3.63, 3.8) is 0 Å². The van der Waals surface area contributed by atoms with E-state index in [4.69, 9.17) is 4.74 Å². The number of carbonyl (C=O) groups excluding carboxylic acids is 1. The molecule has 1 aliphatic heterocycles. The summed E-state index contributed by atoms with van der Waals surface area (Å²) < 4.78 is 7.03. The van der Waals surface area contributed by atoms with Crippen molar-refractivity contribution in [3.05, 3.63) is 59.2 Å². The van der Waals surface area contributed by atoms with E-state index in [-0.39, 0.29) is 12.0 Å². The fourth-order valence-corrected chi connectivity index (χ4v) is 3.74. The number of aryl methyl sites for hydroxylation is 1. The van der Waals surface area contributed by atoms with E-state index < -0.39 is 0 Å². The molecule has 2 aromatic heterocycles. The lowest BCUT2D eigenvalue weighted by atomic mass is 10.1. The summed E-state index contributed by atoms with van der Waals surface area (Å²) in [7, 11) is 0. The van der Waals surface area contributed by atoms with E-state index >= 15 is 0 Å². The van der Waals surface area contributed by atoms with Gasteiger partial charge in [-0.25, -0.2) is 0 Å². The van der Waals surface area contributed by atoms with E-state index in [0.717, 1.165) is 26.4 Å². The van der Waals surface area contributed by atoms with Crippen molar-refractivity contribution in [2.24, 2.45) is 0 Å². The Morgan fingerprint density at radius 3 is 2.87 bits per heavy atom. The zero-order valence-electron chi connectivity index (χ0n) is 12.7. The first kappa shape index (κ1) is 14.2. The van der Waals surface area contributed by atoms with Crippen LogP contribution < -0.4 is 4.74 Å². The molecule has 0 N–H and O–H groups in total. The van der Waals surface area contributed by atoms with Crippen molar-refractivity contribution in [3.8, 4) is 5.75 Å². The van der Waals surface area contributed by atoms with Crippen molar-refractivity contribution in [2.75, 3.05) is 13.1 Å². The Morgan fingerprint density at radius 1 is 1.26 bits per heavy atom. The Bertz CT molecular complexity index is 835. The van der Waals surface area contributed by atoms with Crippen LogP contribution in [0.4, 0.5) is 0 Å². The second-order valence-electron chi connectivity index (χ2n) is 5.73. The molecule has 1 aliphatic rings. The van der Waals surface area contributed by atoms with Crippen molar-refractivity contribution in [2.45, 2.75) is 13.0 Å². The molecule has 0 spiro atoms. The maximum atomic E-state index is 12.5. The first-order valence-corrected chi connectivity index (χ1v) is 8.38. The third-order valence-electron chi connectivity index (χ3n) is 3.94. The summed E-state index contributed by atoms with van der Waals surface area (Å²) in [6, 6.07) is 13.8. The molecule has 1 amide bonds. The minimum atomic E-state index is 0.0649. The van der Waals surface area contributed by atoms with Crippen LogP contribution in [-0.2, 0) is 0 Å². The lowest BCUT2D eigenvalue weighted by Gasteiger charge is -2.38.